The van der Waals surface area contributed by atoms with Crippen molar-refractivity contribution in [2.45, 2.75) is 41.0 Å². The summed E-state index contributed by atoms with van der Waals surface area (Å²) in [6, 6.07) is 0. The summed E-state index contributed by atoms with van der Waals surface area (Å²) in [6.45, 7) is 9.15. The molecule has 0 radical (unpaired) electrons. The average molecular weight is 239 g/mol. The molecule has 1 aromatic heterocycles. The first-order valence-electron chi connectivity index (χ1n) is 5.22. The van der Waals surface area contributed by atoms with Gasteiger partial charge >= 0.3 is 0 Å². The summed E-state index contributed by atoms with van der Waals surface area (Å²) < 4.78 is 0. The number of aromatic nitrogens is 1. The van der Waals surface area contributed by atoms with Crippen molar-refractivity contribution in [3.63, 3.8) is 0 Å². The van der Waals surface area contributed by atoms with Gasteiger partial charge in [0.15, 0.2) is 5.78 Å². The Morgan fingerprint density at radius 1 is 1.25 bits per heavy atom. The van der Waals surface area contributed by atoms with Gasteiger partial charge in [-0.15, -0.1) is 11.3 Å². The summed E-state index contributed by atoms with van der Waals surface area (Å²) in [6.07, 6.45) is -0.0219. The largest absolute Gasteiger partial charge is 0.299 e. The molecule has 0 saturated carbocycles. The number of hydrogen-bond donors (Lipinski definition) is 0. The van der Waals surface area contributed by atoms with Crippen molar-refractivity contribution in [3.8, 4) is 0 Å². The second-order valence-electron chi connectivity index (χ2n) is 4.92. The number of thiazole rings is 1. The predicted molar refractivity (Wildman–Crippen MR) is 65.0 cm³/mol. The maximum absolute atomic E-state index is 11.9. The molecule has 1 rings (SSSR count). The minimum Gasteiger partial charge on any atom is -0.299 e. The van der Waals surface area contributed by atoms with Crippen molar-refractivity contribution in [2.75, 3.05) is 0 Å². The minimum absolute atomic E-state index is 0.0219. The molecule has 4 heteroatoms. The van der Waals surface area contributed by atoms with Crippen LogP contribution in [0.25, 0.3) is 0 Å². The maximum Gasteiger partial charge on any atom is 0.182 e. The van der Waals surface area contributed by atoms with Gasteiger partial charge in [0, 0.05) is 5.41 Å². The number of rotatable bonds is 3. The molecule has 1 aromatic rings. The number of carbonyl (C=O) groups excluding carboxylic acids is 2. The van der Waals surface area contributed by atoms with E-state index >= 15 is 0 Å². The Balaban J connectivity index is 2.81. The summed E-state index contributed by atoms with van der Waals surface area (Å²) in [5.74, 6) is -0.133. The second-order valence-corrected chi connectivity index (χ2v) is 6.12. The van der Waals surface area contributed by atoms with Gasteiger partial charge < -0.3 is 0 Å². The van der Waals surface area contributed by atoms with Gasteiger partial charge in [-0.05, 0) is 13.8 Å². The zero-order chi connectivity index (χ0) is 12.5. The number of carbonyl (C=O) groups is 2. The molecule has 0 aliphatic rings. The van der Waals surface area contributed by atoms with Crippen LogP contribution in [0.4, 0.5) is 0 Å². The molecule has 0 unspecified atom stereocenters. The first kappa shape index (κ1) is 13.0. The molecule has 0 aromatic carbocycles. The Labute approximate surface area is 99.9 Å². The number of Topliss-reactive ketones (excluding diaryl/α,β-unsaturated/α-hetero) is 2. The molecule has 1 heterocycles. The molecule has 0 aliphatic carbocycles. The number of aryl methyl sites for hydroxylation is 2. The molecule has 16 heavy (non-hydrogen) atoms. The highest BCUT2D eigenvalue weighted by atomic mass is 32.1. The van der Waals surface area contributed by atoms with E-state index in [1.807, 2.05) is 27.7 Å². The van der Waals surface area contributed by atoms with Gasteiger partial charge in [0.2, 0.25) is 0 Å². The van der Waals surface area contributed by atoms with E-state index in [0.29, 0.717) is 4.88 Å². The normalized spacial score (nSPS) is 11.6. The van der Waals surface area contributed by atoms with Crippen molar-refractivity contribution in [1.29, 1.82) is 0 Å². The number of nitrogens with zero attached hydrogens (tertiary/aromatic N) is 1. The molecular formula is C12H17NO2S. The van der Waals surface area contributed by atoms with Crippen molar-refractivity contribution >= 4 is 22.9 Å². The molecular weight excluding hydrogens is 222 g/mol. The number of hydrogen-bond acceptors (Lipinski definition) is 4. The fraction of sp³-hybridized carbons (Fsp3) is 0.583. The topological polar surface area (TPSA) is 47.0 Å². The van der Waals surface area contributed by atoms with Crippen LogP contribution < -0.4 is 0 Å². The second kappa shape index (κ2) is 4.45. The lowest BCUT2D eigenvalue weighted by Gasteiger charge is -2.15. The molecule has 88 valence electrons. The van der Waals surface area contributed by atoms with E-state index in [1.54, 1.807) is 6.92 Å². The zero-order valence-corrected chi connectivity index (χ0v) is 11.2. The highest BCUT2D eigenvalue weighted by molar-refractivity contribution is 7.13. The van der Waals surface area contributed by atoms with Gasteiger partial charge in [0.1, 0.15) is 5.78 Å². The summed E-state index contributed by atoms with van der Waals surface area (Å²) in [5, 5.41) is 0.865. The van der Waals surface area contributed by atoms with Crippen LogP contribution in [0.3, 0.4) is 0 Å². The van der Waals surface area contributed by atoms with Crippen molar-refractivity contribution in [3.05, 3.63) is 15.6 Å². The molecule has 0 atom stereocenters. The lowest BCUT2D eigenvalue weighted by atomic mass is 9.88. The third kappa shape index (κ3) is 2.98. The molecule has 0 spiro atoms. The van der Waals surface area contributed by atoms with E-state index in [0.717, 1.165) is 10.7 Å². The predicted octanol–water partition coefficient (Wildman–Crippen LogP) is 2.95. The Bertz CT molecular complexity index is 427. The van der Waals surface area contributed by atoms with Crippen LogP contribution in [-0.4, -0.2) is 16.6 Å². The van der Waals surface area contributed by atoms with Crippen LogP contribution >= 0.6 is 11.3 Å². The molecule has 0 amide bonds. The molecule has 0 fully saturated rings. The minimum atomic E-state index is -0.455. The van der Waals surface area contributed by atoms with E-state index in [2.05, 4.69) is 4.98 Å². The van der Waals surface area contributed by atoms with E-state index in [-0.39, 0.29) is 18.0 Å². The maximum atomic E-state index is 11.9. The third-order valence-electron chi connectivity index (χ3n) is 2.31. The number of ketones is 2. The van der Waals surface area contributed by atoms with Crippen LogP contribution in [0.5, 0.6) is 0 Å². The Morgan fingerprint density at radius 3 is 2.19 bits per heavy atom. The van der Waals surface area contributed by atoms with Gasteiger partial charge in [-0.1, -0.05) is 20.8 Å². The van der Waals surface area contributed by atoms with Gasteiger partial charge in [-0.3, -0.25) is 9.59 Å². The van der Waals surface area contributed by atoms with Gasteiger partial charge in [-0.2, -0.15) is 0 Å². The molecule has 0 bridgehead atoms. The molecule has 0 saturated heterocycles. The van der Waals surface area contributed by atoms with Crippen molar-refractivity contribution in [1.82, 2.24) is 4.98 Å². The molecule has 0 aliphatic heterocycles. The monoisotopic (exact) mass is 239 g/mol. The molecule has 3 nitrogen and oxygen atoms in total. The summed E-state index contributed by atoms with van der Waals surface area (Å²) in [5.41, 5.74) is 0.276. The van der Waals surface area contributed by atoms with Gasteiger partial charge in [0.05, 0.1) is 22.0 Å². The summed E-state index contributed by atoms with van der Waals surface area (Å²) in [7, 11) is 0. The van der Waals surface area contributed by atoms with Crippen LogP contribution in [-0.2, 0) is 4.79 Å². The SMILES string of the molecule is Cc1nc(C)c(C(=O)CC(=O)C(C)(C)C)s1. The molecule has 0 N–H and O–H groups in total. The van der Waals surface area contributed by atoms with Crippen LogP contribution in [0.2, 0.25) is 0 Å². The lowest BCUT2D eigenvalue weighted by molar-refractivity contribution is -0.125. The summed E-state index contributed by atoms with van der Waals surface area (Å²) >= 11 is 1.36. The van der Waals surface area contributed by atoms with Gasteiger partial charge in [-0.25, -0.2) is 4.98 Å². The van der Waals surface area contributed by atoms with Crippen LogP contribution in [0.1, 0.15) is 47.6 Å². The quantitative estimate of drug-likeness (QED) is 0.602. The van der Waals surface area contributed by atoms with Gasteiger partial charge in [0.25, 0.3) is 0 Å². The van der Waals surface area contributed by atoms with Crippen molar-refractivity contribution in [2.24, 2.45) is 5.41 Å². The first-order valence-corrected chi connectivity index (χ1v) is 6.04. The fourth-order valence-electron chi connectivity index (χ4n) is 1.28. The lowest BCUT2D eigenvalue weighted by Crippen LogP contribution is -2.23. The summed E-state index contributed by atoms with van der Waals surface area (Å²) in [4.78, 5) is 28.4. The fourth-order valence-corrected chi connectivity index (χ4v) is 2.14. The van der Waals surface area contributed by atoms with Crippen LogP contribution in [0.15, 0.2) is 0 Å². The Morgan fingerprint density at radius 2 is 1.81 bits per heavy atom. The Kier molecular flexibility index (Phi) is 3.63. The van der Waals surface area contributed by atoms with E-state index in [9.17, 15) is 9.59 Å². The van der Waals surface area contributed by atoms with E-state index in [1.165, 1.54) is 11.3 Å². The zero-order valence-electron chi connectivity index (χ0n) is 10.4. The highest BCUT2D eigenvalue weighted by Gasteiger charge is 2.25. The first-order chi connectivity index (χ1) is 7.21. The smallest absolute Gasteiger partial charge is 0.182 e. The van der Waals surface area contributed by atoms with E-state index in [4.69, 9.17) is 0 Å². The Hall–Kier alpha value is -1.03. The highest BCUT2D eigenvalue weighted by Crippen LogP contribution is 2.22. The van der Waals surface area contributed by atoms with E-state index < -0.39 is 5.41 Å². The third-order valence-corrected chi connectivity index (χ3v) is 3.43. The van der Waals surface area contributed by atoms with Crippen LogP contribution in [0, 0.1) is 19.3 Å². The van der Waals surface area contributed by atoms with Crippen molar-refractivity contribution < 1.29 is 9.59 Å². The standard InChI is InChI=1S/C12H17NO2S/c1-7-11(16-8(2)13-7)9(14)6-10(15)12(3,4)5/h6H2,1-5H3. The average Bonchev–Trinajstić information content (AvgIpc) is 2.43.